The number of carbonyl (C=O) groups excluding carboxylic acids is 1. The van der Waals surface area contributed by atoms with Gasteiger partial charge in [0.05, 0.1) is 24.9 Å². The van der Waals surface area contributed by atoms with E-state index in [0.717, 1.165) is 48.6 Å². The van der Waals surface area contributed by atoms with Crippen molar-refractivity contribution in [1.29, 1.82) is 0 Å². The van der Waals surface area contributed by atoms with E-state index in [2.05, 4.69) is 66.6 Å². The zero-order valence-corrected chi connectivity index (χ0v) is 20.7. The Labute approximate surface area is 197 Å². The van der Waals surface area contributed by atoms with E-state index in [1.54, 1.807) is 0 Å². The van der Waals surface area contributed by atoms with Gasteiger partial charge in [0.15, 0.2) is 0 Å². The lowest BCUT2D eigenvalue weighted by atomic mass is 9.99. The Kier molecular flexibility index (Phi) is 6.91. The largest absolute Gasteiger partial charge is 0.459 e. The van der Waals surface area contributed by atoms with Crippen molar-refractivity contribution in [2.45, 2.75) is 59.6 Å². The number of hydrogen-bond donors (Lipinski definition) is 0. The van der Waals surface area contributed by atoms with Crippen LogP contribution >= 0.6 is 0 Å². The molecule has 176 valence electrons. The van der Waals surface area contributed by atoms with Gasteiger partial charge in [0.25, 0.3) is 0 Å². The first kappa shape index (κ1) is 23.5. The summed E-state index contributed by atoms with van der Waals surface area (Å²) < 4.78 is 13.4. The van der Waals surface area contributed by atoms with Crippen molar-refractivity contribution >= 4 is 11.5 Å². The van der Waals surface area contributed by atoms with Crippen LogP contribution in [0.3, 0.4) is 0 Å². The van der Waals surface area contributed by atoms with E-state index >= 15 is 0 Å². The number of carbonyl (C=O) groups is 1. The van der Waals surface area contributed by atoms with Gasteiger partial charge in [-0.05, 0) is 62.4 Å². The summed E-state index contributed by atoms with van der Waals surface area (Å²) in [6, 6.07) is 13.0. The molecule has 5 heteroatoms. The first-order valence-corrected chi connectivity index (χ1v) is 12.0. The minimum absolute atomic E-state index is 0.144. The van der Waals surface area contributed by atoms with E-state index in [4.69, 9.17) is 9.47 Å². The molecular weight excluding hydrogens is 412 g/mol. The van der Waals surface area contributed by atoms with Crippen LogP contribution in [-0.4, -0.2) is 47.7 Å². The predicted octanol–water partition coefficient (Wildman–Crippen LogP) is 6.00. The Bertz CT molecular complexity index is 1140. The summed E-state index contributed by atoms with van der Waals surface area (Å²) in [6.07, 6.45) is 2.06. The molecule has 2 aromatic heterocycles. The van der Waals surface area contributed by atoms with Crippen molar-refractivity contribution in [3.8, 4) is 11.1 Å². The van der Waals surface area contributed by atoms with E-state index in [-0.39, 0.29) is 18.1 Å². The van der Waals surface area contributed by atoms with Gasteiger partial charge in [0.1, 0.15) is 0 Å². The zero-order valence-electron chi connectivity index (χ0n) is 20.7. The highest BCUT2D eigenvalue weighted by Gasteiger charge is 2.26. The van der Waals surface area contributed by atoms with Crippen LogP contribution in [0.4, 0.5) is 0 Å². The van der Waals surface area contributed by atoms with E-state index < -0.39 is 0 Å². The molecule has 4 rings (SSSR count). The Morgan fingerprint density at radius 2 is 1.73 bits per heavy atom. The number of esters is 1. The number of ether oxygens (including phenoxy) is 2. The molecule has 1 saturated heterocycles. The third-order valence-corrected chi connectivity index (χ3v) is 6.63. The van der Waals surface area contributed by atoms with Gasteiger partial charge in [-0.1, -0.05) is 38.1 Å². The van der Waals surface area contributed by atoms with E-state index in [1.807, 2.05) is 26.8 Å². The summed E-state index contributed by atoms with van der Waals surface area (Å²) >= 11 is 0. The lowest BCUT2D eigenvalue weighted by Gasteiger charge is -2.34. The molecule has 1 fully saturated rings. The van der Waals surface area contributed by atoms with E-state index in [9.17, 15) is 4.79 Å². The summed E-state index contributed by atoms with van der Waals surface area (Å²) in [4.78, 5) is 15.4. The van der Waals surface area contributed by atoms with Gasteiger partial charge < -0.3 is 13.9 Å². The number of morpholine rings is 1. The van der Waals surface area contributed by atoms with Gasteiger partial charge in [-0.3, -0.25) is 4.90 Å². The molecule has 0 amide bonds. The second kappa shape index (κ2) is 9.70. The fourth-order valence-corrected chi connectivity index (χ4v) is 4.75. The smallest absolute Gasteiger partial charge is 0.338 e. The second-order valence-corrected chi connectivity index (χ2v) is 9.65. The molecule has 33 heavy (non-hydrogen) atoms. The van der Waals surface area contributed by atoms with Crippen molar-refractivity contribution in [2.24, 2.45) is 0 Å². The zero-order chi connectivity index (χ0) is 23.7. The third-order valence-electron chi connectivity index (χ3n) is 6.63. The Balaban J connectivity index is 1.87. The quantitative estimate of drug-likeness (QED) is 0.434. The number of nitrogens with zero attached hydrogens (tertiary/aromatic N) is 2. The minimum atomic E-state index is -0.259. The normalized spacial score (nSPS) is 16.0. The number of rotatable bonds is 6. The van der Waals surface area contributed by atoms with Crippen LogP contribution in [0.1, 0.15) is 73.8 Å². The molecule has 1 atom stereocenters. The summed E-state index contributed by atoms with van der Waals surface area (Å²) in [6.45, 7) is 15.7. The lowest BCUT2D eigenvalue weighted by molar-refractivity contribution is 0.0186. The van der Waals surface area contributed by atoms with Crippen molar-refractivity contribution in [2.75, 3.05) is 26.3 Å². The molecule has 1 aromatic carbocycles. The highest BCUT2D eigenvalue weighted by molar-refractivity contribution is 5.93. The minimum Gasteiger partial charge on any atom is -0.459 e. The first-order chi connectivity index (χ1) is 15.8. The SMILES string of the molecule is Cc1c(C(=O)OC(C)C)cc2cc(-c3cccc(C(C)C)c3)cn2c1C(C)N1CCOCC1. The topological polar surface area (TPSA) is 43.2 Å². The molecular formula is C28H36N2O3. The number of fused-ring (bicyclic) bond motifs is 1. The maximum absolute atomic E-state index is 13.0. The van der Waals surface area contributed by atoms with Gasteiger partial charge in [0.2, 0.25) is 0 Å². The van der Waals surface area contributed by atoms with Gasteiger partial charge >= 0.3 is 5.97 Å². The third kappa shape index (κ3) is 4.85. The van der Waals surface area contributed by atoms with Crippen molar-refractivity contribution in [1.82, 2.24) is 9.30 Å². The molecule has 1 unspecified atom stereocenters. The standard InChI is InChI=1S/C28H36N2O3/c1-18(2)22-8-7-9-23(14-22)24-15-25-16-26(28(31)33-19(3)4)20(5)27(30(25)17-24)21(6)29-10-12-32-13-11-29/h7-9,14-19,21H,10-13H2,1-6H3. The van der Waals surface area contributed by atoms with Crippen molar-refractivity contribution in [3.05, 3.63) is 65.0 Å². The van der Waals surface area contributed by atoms with Crippen molar-refractivity contribution in [3.63, 3.8) is 0 Å². The molecule has 0 radical (unpaired) electrons. The first-order valence-electron chi connectivity index (χ1n) is 12.0. The number of pyridine rings is 1. The molecule has 0 N–H and O–H groups in total. The van der Waals surface area contributed by atoms with Gasteiger partial charge in [0, 0.05) is 42.1 Å². The molecule has 0 aliphatic carbocycles. The average Bonchev–Trinajstić information content (AvgIpc) is 3.22. The molecule has 3 aromatic rings. The molecule has 1 aliphatic rings. The summed E-state index contributed by atoms with van der Waals surface area (Å²) in [7, 11) is 0. The summed E-state index contributed by atoms with van der Waals surface area (Å²) in [5, 5.41) is 0. The highest BCUT2D eigenvalue weighted by atomic mass is 16.5. The van der Waals surface area contributed by atoms with Crippen LogP contribution in [0, 0.1) is 6.92 Å². The number of benzene rings is 1. The van der Waals surface area contributed by atoms with Gasteiger partial charge in [-0.25, -0.2) is 4.79 Å². The average molecular weight is 449 g/mol. The Morgan fingerprint density at radius 3 is 2.39 bits per heavy atom. The molecule has 0 spiro atoms. The molecule has 5 nitrogen and oxygen atoms in total. The van der Waals surface area contributed by atoms with Crippen LogP contribution in [-0.2, 0) is 9.47 Å². The summed E-state index contributed by atoms with van der Waals surface area (Å²) in [5.41, 5.74) is 7.44. The predicted molar refractivity (Wildman–Crippen MR) is 133 cm³/mol. The van der Waals surface area contributed by atoms with Crippen LogP contribution in [0.5, 0.6) is 0 Å². The monoisotopic (exact) mass is 448 g/mol. The van der Waals surface area contributed by atoms with Crippen LogP contribution in [0.15, 0.2) is 42.6 Å². The number of aromatic nitrogens is 1. The molecule has 0 saturated carbocycles. The Morgan fingerprint density at radius 1 is 1.00 bits per heavy atom. The van der Waals surface area contributed by atoms with Crippen molar-refractivity contribution < 1.29 is 14.3 Å². The lowest BCUT2D eigenvalue weighted by Crippen LogP contribution is -2.39. The molecule has 0 bridgehead atoms. The van der Waals surface area contributed by atoms with Crippen LogP contribution in [0.2, 0.25) is 0 Å². The number of hydrogen-bond acceptors (Lipinski definition) is 4. The van der Waals surface area contributed by atoms with Crippen LogP contribution < -0.4 is 0 Å². The van der Waals surface area contributed by atoms with Crippen LogP contribution in [0.25, 0.3) is 16.6 Å². The maximum Gasteiger partial charge on any atom is 0.338 e. The Hall–Kier alpha value is -2.63. The van der Waals surface area contributed by atoms with E-state index in [0.29, 0.717) is 11.5 Å². The molecule has 1 aliphatic heterocycles. The second-order valence-electron chi connectivity index (χ2n) is 9.65. The summed E-state index contributed by atoms with van der Waals surface area (Å²) in [5.74, 6) is 0.212. The fourth-order valence-electron chi connectivity index (χ4n) is 4.75. The van der Waals surface area contributed by atoms with E-state index in [1.165, 1.54) is 11.1 Å². The highest BCUT2D eigenvalue weighted by Crippen LogP contribution is 2.33. The fraction of sp³-hybridized carbons (Fsp3) is 0.464. The maximum atomic E-state index is 13.0. The van der Waals surface area contributed by atoms with Gasteiger partial charge in [-0.2, -0.15) is 0 Å². The molecule has 3 heterocycles. The van der Waals surface area contributed by atoms with Gasteiger partial charge in [-0.15, -0.1) is 0 Å².